The Balaban J connectivity index is 1.27. The fourth-order valence-corrected chi connectivity index (χ4v) is 3.76. The molecule has 6 nitrogen and oxygen atoms in total. The Morgan fingerprint density at radius 1 is 1.11 bits per heavy atom. The Bertz CT molecular complexity index is 1020. The molecule has 7 heteroatoms. The van der Waals surface area contributed by atoms with Crippen molar-refractivity contribution in [2.45, 2.75) is 39.5 Å². The smallest absolute Gasteiger partial charge is 0.157 e. The number of pyridine rings is 1. The highest BCUT2D eigenvalue weighted by Gasteiger charge is 2.14. The molecule has 0 fully saturated rings. The zero-order valence-corrected chi connectivity index (χ0v) is 17.1. The fourth-order valence-electron chi connectivity index (χ4n) is 3.56. The minimum absolute atomic E-state index is 0.739. The number of halogens is 1. The van der Waals surface area contributed by atoms with Crippen LogP contribution >= 0.6 is 11.6 Å². The largest absolute Gasteiger partial charge is 0.385 e. The molecule has 0 saturated heterocycles. The first-order valence-corrected chi connectivity index (χ1v) is 10.1. The molecule has 0 aliphatic heterocycles. The molecule has 0 spiro atoms. The van der Waals surface area contributed by atoms with E-state index in [4.69, 9.17) is 11.6 Å². The Morgan fingerprint density at radius 2 is 1.93 bits per heavy atom. The standard InChI is InChI=1S/C21H25ClN6/c1-14-11-20(28-21(26-14)12-15(2)27-28)25-9-4-3-8-23-18-7-10-24-19-13-16(22)5-6-17(18)19/h5,7,10-12,25H,3-4,6,8-9,13H2,1-2H3,(H,23,24). The van der Waals surface area contributed by atoms with Gasteiger partial charge in [-0.15, -0.1) is 0 Å². The summed E-state index contributed by atoms with van der Waals surface area (Å²) < 4.78 is 1.88. The average molecular weight is 397 g/mol. The van der Waals surface area contributed by atoms with Crippen LogP contribution in [-0.2, 0) is 12.8 Å². The molecule has 1 aliphatic rings. The first-order chi connectivity index (χ1) is 13.6. The number of anilines is 2. The van der Waals surface area contributed by atoms with Crippen molar-refractivity contribution in [3.8, 4) is 0 Å². The van der Waals surface area contributed by atoms with Crippen LogP contribution in [0.4, 0.5) is 11.5 Å². The second-order valence-corrected chi connectivity index (χ2v) is 7.70. The van der Waals surface area contributed by atoms with Crippen molar-refractivity contribution in [1.29, 1.82) is 0 Å². The molecule has 0 atom stereocenters. The number of aryl methyl sites for hydroxylation is 2. The van der Waals surface area contributed by atoms with Gasteiger partial charge in [0.25, 0.3) is 0 Å². The molecule has 0 saturated carbocycles. The van der Waals surface area contributed by atoms with Gasteiger partial charge in [-0.05, 0) is 39.2 Å². The van der Waals surface area contributed by atoms with Crippen LogP contribution in [0.15, 0.2) is 35.5 Å². The normalized spacial score (nSPS) is 13.3. The van der Waals surface area contributed by atoms with Crippen LogP contribution in [0.2, 0.25) is 0 Å². The molecule has 1 aliphatic carbocycles. The summed E-state index contributed by atoms with van der Waals surface area (Å²) in [6.07, 6.45) is 7.67. The van der Waals surface area contributed by atoms with Gasteiger partial charge in [0.15, 0.2) is 5.65 Å². The topological polar surface area (TPSA) is 67.1 Å². The minimum Gasteiger partial charge on any atom is -0.385 e. The van der Waals surface area contributed by atoms with Gasteiger partial charge < -0.3 is 10.6 Å². The summed E-state index contributed by atoms with van der Waals surface area (Å²) in [6.45, 7) is 5.82. The summed E-state index contributed by atoms with van der Waals surface area (Å²) in [4.78, 5) is 8.99. The maximum absolute atomic E-state index is 6.14. The van der Waals surface area contributed by atoms with E-state index in [-0.39, 0.29) is 0 Å². The van der Waals surface area contributed by atoms with Crippen molar-refractivity contribution in [2.24, 2.45) is 0 Å². The van der Waals surface area contributed by atoms with E-state index in [9.17, 15) is 0 Å². The number of fused-ring (bicyclic) bond motifs is 2. The highest BCUT2D eigenvalue weighted by Crippen LogP contribution is 2.27. The third kappa shape index (κ3) is 4.12. The summed E-state index contributed by atoms with van der Waals surface area (Å²) in [6, 6.07) is 6.10. The quantitative estimate of drug-likeness (QED) is 0.584. The van der Waals surface area contributed by atoms with E-state index >= 15 is 0 Å². The van der Waals surface area contributed by atoms with Crippen molar-refractivity contribution in [3.05, 3.63) is 58.1 Å². The van der Waals surface area contributed by atoms with Crippen LogP contribution in [-0.4, -0.2) is 32.7 Å². The molecule has 146 valence electrons. The number of allylic oxidation sites excluding steroid dienone is 2. The molecule has 0 amide bonds. The van der Waals surface area contributed by atoms with E-state index in [1.165, 1.54) is 11.3 Å². The summed E-state index contributed by atoms with van der Waals surface area (Å²) in [5.74, 6) is 0.996. The molecule has 28 heavy (non-hydrogen) atoms. The van der Waals surface area contributed by atoms with Crippen molar-refractivity contribution < 1.29 is 0 Å². The number of unbranched alkanes of at least 4 members (excludes halogenated alkanes) is 1. The molecule has 0 radical (unpaired) electrons. The average Bonchev–Trinajstić information content (AvgIpc) is 3.04. The number of rotatable bonds is 7. The molecular weight excluding hydrogens is 372 g/mol. The van der Waals surface area contributed by atoms with Gasteiger partial charge in [-0.25, -0.2) is 4.98 Å². The van der Waals surface area contributed by atoms with Crippen molar-refractivity contribution in [1.82, 2.24) is 19.6 Å². The monoisotopic (exact) mass is 396 g/mol. The van der Waals surface area contributed by atoms with Gasteiger partial charge in [0.1, 0.15) is 5.82 Å². The predicted molar refractivity (Wildman–Crippen MR) is 114 cm³/mol. The Kier molecular flexibility index (Phi) is 5.48. The summed E-state index contributed by atoms with van der Waals surface area (Å²) in [7, 11) is 0. The van der Waals surface area contributed by atoms with Gasteiger partial charge in [-0.1, -0.05) is 17.7 Å². The van der Waals surface area contributed by atoms with Gasteiger partial charge in [0.05, 0.1) is 11.4 Å². The van der Waals surface area contributed by atoms with E-state index in [1.807, 2.05) is 36.7 Å². The first-order valence-electron chi connectivity index (χ1n) is 9.73. The third-order valence-corrected chi connectivity index (χ3v) is 5.20. The molecule has 2 N–H and O–H groups in total. The van der Waals surface area contributed by atoms with E-state index in [0.717, 1.165) is 72.4 Å². The molecule has 3 aromatic heterocycles. The van der Waals surface area contributed by atoms with E-state index in [2.05, 4.69) is 37.8 Å². The summed E-state index contributed by atoms with van der Waals surface area (Å²) in [5, 5.41) is 12.5. The van der Waals surface area contributed by atoms with Crippen molar-refractivity contribution >= 4 is 28.8 Å². The number of aromatic nitrogens is 4. The van der Waals surface area contributed by atoms with Gasteiger partial charge in [-0.3, -0.25) is 4.98 Å². The van der Waals surface area contributed by atoms with Crippen LogP contribution in [0.3, 0.4) is 0 Å². The predicted octanol–water partition coefficient (Wildman–Crippen LogP) is 4.27. The molecule has 3 heterocycles. The van der Waals surface area contributed by atoms with Crippen LogP contribution in [0, 0.1) is 13.8 Å². The van der Waals surface area contributed by atoms with E-state index in [1.54, 1.807) is 0 Å². The van der Waals surface area contributed by atoms with Crippen LogP contribution in [0.25, 0.3) is 5.65 Å². The fraction of sp³-hybridized carbons (Fsp3) is 0.381. The summed E-state index contributed by atoms with van der Waals surface area (Å²) in [5.41, 5.74) is 6.39. The number of hydrogen-bond acceptors (Lipinski definition) is 5. The first kappa shape index (κ1) is 18.7. The lowest BCUT2D eigenvalue weighted by atomic mass is 10.00. The number of nitrogens with one attached hydrogen (secondary N) is 2. The minimum atomic E-state index is 0.739. The Labute approximate surface area is 170 Å². The molecule has 4 rings (SSSR count). The lowest BCUT2D eigenvalue weighted by molar-refractivity contribution is 0.784. The highest BCUT2D eigenvalue weighted by molar-refractivity contribution is 6.29. The second-order valence-electron chi connectivity index (χ2n) is 7.21. The maximum atomic E-state index is 6.14. The lowest BCUT2D eigenvalue weighted by Gasteiger charge is -2.17. The Hall–Kier alpha value is -2.60. The SMILES string of the molecule is Cc1cc(NCCCCNc2ccnc3c2CC=C(Cl)C3)n2nc(C)cc2n1. The van der Waals surface area contributed by atoms with Crippen molar-refractivity contribution in [2.75, 3.05) is 23.7 Å². The van der Waals surface area contributed by atoms with Gasteiger partial charge in [0.2, 0.25) is 0 Å². The zero-order chi connectivity index (χ0) is 19.5. The highest BCUT2D eigenvalue weighted by atomic mass is 35.5. The number of hydrogen-bond donors (Lipinski definition) is 2. The molecule has 0 unspecified atom stereocenters. The summed E-state index contributed by atoms with van der Waals surface area (Å²) >= 11 is 6.14. The molecule has 0 bridgehead atoms. The molecular formula is C21H25ClN6. The van der Waals surface area contributed by atoms with Gasteiger partial charge in [0, 0.05) is 59.8 Å². The van der Waals surface area contributed by atoms with E-state index in [0.29, 0.717) is 0 Å². The van der Waals surface area contributed by atoms with Crippen LogP contribution in [0.5, 0.6) is 0 Å². The van der Waals surface area contributed by atoms with Gasteiger partial charge in [-0.2, -0.15) is 9.61 Å². The lowest BCUT2D eigenvalue weighted by Crippen LogP contribution is -2.12. The Morgan fingerprint density at radius 3 is 2.79 bits per heavy atom. The number of nitrogens with zero attached hydrogens (tertiary/aromatic N) is 4. The molecule has 3 aromatic rings. The van der Waals surface area contributed by atoms with Crippen LogP contribution < -0.4 is 10.6 Å². The van der Waals surface area contributed by atoms with Gasteiger partial charge >= 0.3 is 0 Å². The second kappa shape index (κ2) is 8.19. The van der Waals surface area contributed by atoms with E-state index < -0.39 is 0 Å². The zero-order valence-electron chi connectivity index (χ0n) is 16.3. The van der Waals surface area contributed by atoms with Crippen LogP contribution in [0.1, 0.15) is 35.5 Å². The molecule has 0 aromatic carbocycles. The third-order valence-electron chi connectivity index (χ3n) is 4.91. The van der Waals surface area contributed by atoms with Crippen molar-refractivity contribution in [3.63, 3.8) is 0 Å². The maximum Gasteiger partial charge on any atom is 0.157 e.